The average molecular weight is 389 g/mol. The molecule has 0 unspecified atom stereocenters. The molecule has 2 aliphatic carbocycles. The number of nitrogens with one attached hydrogen (secondary N) is 1. The van der Waals surface area contributed by atoms with Gasteiger partial charge in [-0.1, -0.05) is 37.8 Å². The fourth-order valence-electron chi connectivity index (χ4n) is 5.71. The topological polar surface area (TPSA) is 44.7 Å². The number of ether oxygens (including phenoxy) is 1. The van der Waals surface area contributed by atoms with E-state index in [2.05, 4.69) is 22.3 Å². The van der Waals surface area contributed by atoms with Gasteiger partial charge in [-0.25, -0.2) is 0 Å². The van der Waals surface area contributed by atoms with Crippen LogP contribution in [-0.2, 0) is 6.42 Å². The highest BCUT2D eigenvalue weighted by Gasteiger charge is 2.58. The summed E-state index contributed by atoms with van der Waals surface area (Å²) in [7, 11) is 1.69. The third-order valence-corrected chi connectivity index (χ3v) is 7.43. The molecule has 1 saturated heterocycles. The molecule has 0 amide bonds. The van der Waals surface area contributed by atoms with Gasteiger partial charge >= 0.3 is 0 Å². The lowest BCUT2D eigenvalue weighted by atomic mass is 9.62. The zero-order chi connectivity index (χ0) is 18.9. The number of nitrogens with zero attached hydrogens (tertiary/aromatic N) is 1. The van der Waals surface area contributed by atoms with Crippen LogP contribution in [0.25, 0.3) is 0 Å². The molecular weight excluding hydrogens is 356 g/mol. The van der Waals surface area contributed by atoms with Gasteiger partial charge in [0.25, 0.3) is 0 Å². The molecule has 4 nitrogen and oxygen atoms in total. The standard InChI is InChI=1S/C22H32N2O2S/c1-26-18-10-8-17(9-11-18)12-16-24-20(27)23-21(13-4-2-5-14-21)19-7-3-6-15-22(19,24)25/h8-11,19,25H,2-7,12-16H2,1H3,(H,23,27)/t19-,22-/m0/s1. The van der Waals surface area contributed by atoms with Gasteiger partial charge in [-0.05, 0) is 68.4 Å². The summed E-state index contributed by atoms with van der Waals surface area (Å²) in [6, 6.07) is 8.20. The summed E-state index contributed by atoms with van der Waals surface area (Å²) in [5.41, 5.74) is 0.471. The molecule has 2 N–H and O–H groups in total. The van der Waals surface area contributed by atoms with Gasteiger partial charge in [0, 0.05) is 18.0 Å². The van der Waals surface area contributed by atoms with E-state index >= 15 is 0 Å². The Labute approximate surface area is 168 Å². The first-order valence-corrected chi connectivity index (χ1v) is 10.9. The summed E-state index contributed by atoms with van der Waals surface area (Å²) in [4.78, 5) is 2.11. The second-order valence-corrected chi connectivity index (χ2v) is 8.96. The highest BCUT2D eigenvalue weighted by molar-refractivity contribution is 7.80. The molecule has 2 atom stereocenters. The van der Waals surface area contributed by atoms with Gasteiger partial charge in [-0.3, -0.25) is 0 Å². The van der Waals surface area contributed by atoms with E-state index in [4.69, 9.17) is 17.0 Å². The predicted octanol–water partition coefficient (Wildman–Crippen LogP) is 4.01. The Balaban J connectivity index is 1.54. The van der Waals surface area contributed by atoms with Crippen LogP contribution in [0.15, 0.2) is 24.3 Å². The zero-order valence-corrected chi connectivity index (χ0v) is 17.2. The molecule has 148 valence electrons. The Kier molecular flexibility index (Phi) is 5.34. The van der Waals surface area contributed by atoms with Crippen molar-refractivity contribution in [3.05, 3.63) is 29.8 Å². The van der Waals surface area contributed by atoms with Crippen molar-refractivity contribution in [1.29, 1.82) is 0 Å². The van der Waals surface area contributed by atoms with Gasteiger partial charge in [0.2, 0.25) is 0 Å². The lowest BCUT2D eigenvalue weighted by Crippen LogP contribution is -2.75. The van der Waals surface area contributed by atoms with Crippen molar-refractivity contribution in [1.82, 2.24) is 10.2 Å². The number of fused-ring (bicyclic) bond motifs is 2. The molecule has 0 radical (unpaired) electrons. The second-order valence-electron chi connectivity index (χ2n) is 8.57. The van der Waals surface area contributed by atoms with E-state index in [0.29, 0.717) is 0 Å². The molecule has 5 heteroatoms. The average Bonchev–Trinajstić information content (AvgIpc) is 2.68. The molecule has 27 heavy (non-hydrogen) atoms. The van der Waals surface area contributed by atoms with Gasteiger partial charge in [0.15, 0.2) is 5.11 Å². The predicted molar refractivity (Wildman–Crippen MR) is 112 cm³/mol. The van der Waals surface area contributed by atoms with Crippen LogP contribution in [0, 0.1) is 5.92 Å². The smallest absolute Gasteiger partial charge is 0.171 e. The third kappa shape index (κ3) is 3.44. The van der Waals surface area contributed by atoms with Crippen LogP contribution in [0.3, 0.4) is 0 Å². The Hall–Kier alpha value is -1.33. The molecule has 1 spiro atoms. The normalized spacial score (nSPS) is 29.9. The summed E-state index contributed by atoms with van der Waals surface area (Å²) in [6.07, 6.45) is 11.2. The molecule has 4 rings (SSSR count). The molecule has 0 aromatic heterocycles. The van der Waals surface area contributed by atoms with Gasteiger partial charge in [0.05, 0.1) is 7.11 Å². The number of hydrogen-bond donors (Lipinski definition) is 2. The third-order valence-electron chi connectivity index (χ3n) is 7.11. The zero-order valence-electron chi connectivity index (χ0n) is 16.4. The van der Waals surface area contributed by atoms with Crippen molar-refractivity contribution in [3.8, 4) is 5.75 Å². The summed E-state index contributed by atoms with van der Waals surface area (Å²) >= 11 is 5.81. The highest BCUT2D eigenvalue weighted by atomic mass is 32.1. The summed E-state index contributed by atoms with van der Waals surface area (Å²) in [6.45, 7) is 0.751. The van der Waals surface area contributed by atoms with Crippen molar-refractivity contribution in [2.45, 2.75) is 75.5 Å². The molecule has 3 aliphatic rings. The van der Waals surface area contributed by atoms with Crippen molar-refractivity contribution < 1.29 is 9.84 Å². The minimum absolute atomic E-state index is 0.0150. The van der Waals surface area contributed by atoms with E-state index in [0.717, 1.165) is 55.9 Å². The van der Waals surface area contributed by atoms with Crippen molar-refractivity contribution >= 4 is 17.3 Å². The van der Waals surface area contributed by atoms with Crippen LogP contribution in [0.1, 0.15) is 63.4 Å². The molecule has 2 saturated carbocycles. The van der Waals surface area contributed by atoms with Crippen LogP contribution in [-0.4, -0.2) is 40.0 Å². The molecule has 1 aromatic rings. The maximum Gasteiger partial charge on any atom is 0.171 e. The lowest BCUT2D eigenvalue weighted by Gasteiger charge is -2.61. The van der Waals surface area contributed by atoms with Crippen LogP contribution in [0.5, 0.6) is 5.75 Å². The Morgan fingerprint density at radius 2 is 1.81 bits per heavy atom. The first kappa shape index (κ1) is 19.0. The van der Waals surface area contributed by atoms with Gasteiger partial charge in [0.1, 0.15) is 11.5 Å². The van der Waals surface area contributed by atoms with Crippen molar-refractivity contribution in [3.63, 3.8) is 0 Å². The van der Waals surface area contributed by atoms with Crippen LogP contribution < -0.4 is 10.1 Å². The van der Waals surface area contributed by atoms with Crippen molar-refractivity contribution in [2.75, 3.05) is 13.7 Å². The van der Waals surface area contributed by atoms with Crippen LogP contribution in [0.2, 0.25) is 0 Å². The number of thiocarbonyl (C=S) groups is 1. The minimum atomic E-state index is -0.787. The number of aliphatic hydroxyl groups is 1. The first-order valence-electron chi connectivity index (χ1n) is 10.5. The van der Waals surface area contributed by atoms with E-state index in [1.54, 1.807) is 7.11 Å². The van der Waals surface area contributed by atoms with Gasteiger partial charge in [-0.15, -0.1) is 0 Å². The molecule has 1 aromatic carbocycles. The van der Waals surface area contributed by atoms with Crippen molar-refractivity contribution in [2.24, 2.45) is 5.92 Å². The number of benzene rings is 1. The molecule has 1 aliphatic heterocycles. The van der Waals surface area contributed by atoms with E-state index in [1.165, 1.54) is 31.2 Å². The fourth-order valence-corrected chi connectivity index (χ4v) is 6.16. The highest BCUT2D eigenvalue weighted by Crippen LogP contribution is 2.50. The summed E-state index contributed by atoms with van der Waals surface area (Å²) in [5, 5.41) is 16.4. The Morgan fingerprint density at radius 3 is 2.52 bits per heavy atom. The van der Waals surface area contributed by atoms with Gasteiger partial charge in [-0.2, -0.15) is 0 Å². The maximum absolute atomic E-state index is 11.9. The fraction of sp³-hybridized carbons (Fsp3) is 0.682. The van der Waals surface area contributed by atoms with E-state index in [9.17, 15) is 5.11 Å². The number of hydrogen-bond acceptors (Lipinski definition) is 3. The number of methoxy groups -OCH3 is 1. The maximum atomic E-state index is 11.9. The summed E-state index contributed by atoms with van der Waals surface area (Å²) < 4.78 is 5.25. The lowest BCUT2D eigenvalue weighted by molar-refractivity contribution is -0.181. The monoisotopic (exact) mass is 388 g/mol. The minimum Gasteiger partial charge on any atom is -0.497 e. The van der Waals surface area contributed by atoms with Crippen LogP contribution in [0.4, 0.5) is 0 Å². The van der Waals surface area contributed by atoms with Crippen LogP contribution >= 0.6 is 12.2 Å². The second kappa shape index (κ2) is 7.59. The van der Waals surface area contributed by atoms with Gasteiger partial charge < -0.3 is 20.1 Å². The van der Waals surface area contributed by atoms with E-state index in [1.807, 2.05) is 12.1 Å². The van der Waals surface area contributed by atoms with E-state index < -0.39 is 5.72 Å². The SMILES string of the molecule is COc1ccc(CCN2C(=S)NC3(CCCCC3)[C@@H]3CCCC[C@]32O)cc1. The Morgan fingerprint density at radius 1 is 1.11 bits per heavy atom. The molecule has 3 fully saturated rings. The first-order chi connectivity index (χ1) is 13.1. The quantitative estimate of drug-likeness (QED) is 0.763. The molecule has 1 heterocycles. The largest absolute Gasteiger partial charge is 0.497 e. The molecule has 0 bridgehead atoms. The number of rotatable bonds is 4. The molecular formula is C22H32N2O2S. The van der Waals surface area contributed by atoms with E-state index in [-0.39, 0.29) is 11.5 Å². The Bertz CT molecular complexity index is 671. The summed E-state index contributed by atoms with van der Waals surface area (Å²) in [5.74, 6) is 1.15.